The number of aromatic nitrogens is 3. The van der Waals surface area contributed by atoms with Crippen molar-refractivity contribution in [2.75, 3.05) is 36.5 Å². The summed E-state index contributed by atoms with van der Waals surface area (Å²) in [5.41, 5.74) is 1.30. The fourth-order valence-electron chi connectivity index (χ4n) is 2.80. The third-order valence-corrected chi connectivity index (χ3v) is 4.12. The van der Waals surface area contributed by atoms with Gasteiger partial charge in [0.05, 0.1) is 0 Å². The van der Waals surface area contributed by atoms with Gasteiger partial charge in [0.25, 0.3) is 0 Å². The second-order valence-electron chi connectivity index (χ2n) is 5.85. The van der Waals surface area contributed by atoms with E-state index in [1.54, 1.807) is 0 Å². The number of hydrogen-bond acceptors (Lipinski definition) is 5. The summed E-state index contributed by atoms with van der Waals surface area (Å²) in [6.45, 7) is 5.12. The van der Waals surface area contributed by atoms with E-state index in [1.165, 1.54) is 18.4 Å². The van der Waals surface area contributed by atoms with E-state index in [-0.39, 0.29) is 0 Å². The van der Waals surface area contributed by atoms with Crippen molar-refractivity contribution in [2.24, 2.45) is 0 Å². The standard InChI is InChI=1S/C17H23N5/c1-14-19-16(13-17(20-14)22-10-3-4-11-22)21(2)12-7-15-5-8-18-9-6-15/h5-6,8-9,13H,3-4,7,10-12H2,1-2H3. The SMILES string of the molecule is Cc1nc(N(C)CCc2ccncc2)cc(N2CCCC2)n1. The predicted molar refractivity (Wildman–Crippen MR) is 89.4 cm³/mol. The number of hydrogen-bond donors (Lipinski definition) is 0. The normalized spacial score (nSPS) is 14.4. The zero-order valence-electron chi connectivity index (χ0n) is 13.4. The van der Waals surface area contributed by atoms with Crippen molar-refractivity contribution < 1.29 is 0 Å². The lowest BCUT2D eigenvalue weighted by Gasteiger charge is -2.22. The van der Waals surface area contributed by atoms with Gasteiger partial charge in [-0.2, -0.15) is 0 Å². The minimum Gasteiger partial charge on any atom is -0.359 e. The maximum Gasteiger partial charge on any atom is 0.134 e. The molecule has 2 aromatic heterocycles. The van der Waals surface area contributed by atoms with Crippen LogP contribution in [0.3, 0.4) is 0 Å². The van der Waals surface area contributed by atoms with E-state index < -0.39 is 0 Å². The Balaban J connectivity index is 1.70. The highest BCUT2D eigenvalue weighted by molar-refractivity contribution is 5.51. The lowest BCUT2D eigenvalue weighted by atomic mass is 10.2. The predicted octanol–water partition coefficient (Wildman–Crippen LogP) is 2.46. The second kappa shape index (κ2) is 6.73. The van der Waals surface area contributed by atoms with Crippen LogP contribution in [0.4, 0.5) is 11.6 Å². The molecule has 1 aliphatic rings. The second-order valence-corrected chi connectivity index (χ2v) is 5.85. The number of anilines is 2. The molecular weight excluding hydrogens is 274 g/mol. The summed E-state index contributed by atoms with van der Waals surface area (Å²) in [4.78, 5) is 17.8. The van der Waals surface area contributed by atoms with Crippen LogP contribution in [0.2, 0.25) is 0 Å². The molecule has 5 heteroatoms. The molecule has 0 N–H and O–H groups in total. The van der Waals surface area contributed by atoms with Crippen molar-refractivity contribution in [3.63, 3.8) is 0 Å². The quantitative estimate of drug-likeness (QED) is 0.848. The molecule has 116 valence electrons. The third kappa shape index (κ3) is 3.53. The molecule has 0 aliphatic carbocycles. The van der Waals surface area contributed by atoms with Crippen LogP contribution in [-0.2, 0) is 6.42 Å². The van der Waals surface area contributed by atoms with E-state index in [0.717, 1.165) is 43.5 Å². The molecule has 3 heterocycles. The average Bonchev–Trinajstić information content (AvgIpc) is 3.07. The van der Waals surface area contributed by atoms with Gasteiger partial charge in [0, 0.05) is 45.1 Å². The van der Waals surface area contributed by atoms with E-state index in [4.69, 9.17) is 0 Å². The van der Waals surface area contributed by atoms with Gasteiger partial charge >= 0.3 is 0 Å². The van der Waals surface area contributed by atoms with Gasteiger partial charge < -0.3 is 9.80 Å². The smallest absolute Gasteiger partial charge is 0.134 e. The van der Waals surface area contributed by atoms with Gasteiger partial charge in [-0.3, -0.25) is 4.98 Å². The molecule has 0 unspecified atom stereocenters. The Morgan fingerprint density at radius 1 is 1.14 bits per heavy atom. The average molecular weight is 297 g/mol. The van der Waals surface area contributed by atoms with Gasteiger partial charge in [-0.05, 0) is 43.9 Å². The Bertz CT molecular complexity index is 608. The van der Waals surface area contributed by atoms with Crippen LogP contribution in [0.5, 0.6) is 0 Å². The number of likely N-dealkylation sites (N-methyl/N-ethyl adjacent to an activating group) is 1. The molecule has 0 aromatic carbocycles. The highest BCUT2D eigenvalue weighted by Gasteiger charge is 2.16. The molecule has 1 aliphatic heterocycles. The first-order valence-electron chi connectivity index (χ1n) is 7.93. The van der Waals surface area contributed by atoms with Gasteiger partial charge in [0.2, 0.25) is 0 Å². The van der Waals surface area contributed by atoms with E-state index in [0.29, 0.717) is 0 Å². The van der Waals surface area contributed by atoms with Crippen LogP contribution in [0.15, 0.2) is 30.6 Å². The van der Waals surface area contributed by atoms with Crippen LogP contribution < -0.4 is 9.80 Å². The molecule has 22 heavy (non-hydrogen) atoms. The van der Waals surface area contributed by atoms with Crippen molar-refractivity contribution in [3.8, 4) is 0 Å². The monoisotopic (exact) mass is 297 g/mol. The molecule has 5 nitrogen and oxygen atoms in total. The summed E-state index contributed by atoms with van der Waals surface area (Å²) < 4.78 is 0. The molecule has 0 spiro atoms. The van der Waals surface area contributed by atoms with E-state index in [1.807, 2.05) is 19.3 Å². The number of nitrogens with zero attached hydrogens (tertiary/aromatic N) is 5. The molecule has 0 radical (unpaired) electrons. The van der Waals surface area contributed by atoms with Crippen LogP contribution >= 0.6 is 0 Å². The van der Waals surface area contributed by atoms with Gasteiger partial charge in [-0.25, -0.2) is 9.97 Å². The first-order chi connectivity index (χ1) is 10.7. The third-order valence-electron chi connectivity index (χ3n) is 4.12. The molecule has 2 aromatic rings. The minimum absolute atomic E-state index is 0.843. The maximum absolute atomic E-state index is 4.60. The van der Waals surface area contributed by atoms with Gasteiger partial charge in [0.15, 0.2) is 0 Å². The Morgan fingerprint density at radius 2 is 1.86 bits per heavy atom. The molecule has 1 saturated heterocycles. The van der Waals surface area contributed by atoms with Crippen LogP contribution in [-0.4, -0.2) is 41.6 Å². The Hall–Kier alpha value is -2.17. The first kappa shape index (κ1) is 14.8. The fraction of sp³-hybridized carbons (Fsp3) is 0.471. The number of aryl methyl sites for hydroxylation is 1. The zero-order valence-corrected chi connectivity index (χ0v) is 13.4. The highest BCUT2D eigenvalue weighted by atomic mass is 15.2. The van der Waals surface area contributed by atoms with Gasteiger partial charge in [-0.15, -0.1) is 0 Å². The molecule has 3 rings (SSSR count). The van der Waals surface area contributed by atoms with Crippen molar-refractivity contribution in [1.29, 1.82) is 0 Å². The van der Waals surface area contributed by atoms with Crippen molar-refractivity contribution in [3.05, 3.63) is 42.0 Å². The van der Waals surface area contributed by atoms with E-state index >= 15 is 0 Å². The summed E-state index contributed by atoms with van der Waals surface area (Å²) in [5.74, 6) is 2.91. The van der Waals surface area contributed by atoms with Crippen molar-refractivity contribution in [1.82, 2.24) is 15.0 Å². The number of pyridine rings is 1. The zero-order chi connectivity index (χ0) is 15.4. The van der Waals surface area contributed by atoms with Crippen LogP contribution in [0.25, 0.3) is 0 Å². The molecule has 0 saturated carbocycles. The largest absolute Gasteiger partial charge is 0.359 e. The Kier molecular flexibility index (Phi) is 4.51. The topological polar surface area (TPSA) is 45.2 Å². The fourth-order valence-corrected chi connectivity index (χ4v) is 2.80. The van der Waals surface area contributed by atoms with Crippen LogP contribution in [0.1, 0.15) is 24.2 Å². The summed E-state index contributed by atoms with van der Waals surface area (Å²) >= 11 is 0. The molecule has 0 atom stereocenters. The van der Waals surface area contributed by atoms with E-state index in [2.05, 4.69) is 50.0 Å². The van der Waals surface area contributed by atoms with Gasteiger partial charge in [0.1, 0.15) is 17.5 Å². The lowest BCUT2D eigenvalue weighted by Crippen LogP contribution is -2.24. The lowest BCUT2D eigenvalue weighted by molar-refractivity contribution is 0.838. The molecule has 0 amide bonds. The Morgan fingerprint density at radius 3 is 2.59 bits per heavy atom. The first-order valence-corrected chi connectivity index (χ1v) is 7.93. The van der Waals surface area contributed by atoms with E-state index in [9.17, 15) is 0 Å². The molecule has 0 bridgehead atoms. The molecule has 1 fully saturated rings. The highest BCUT2D eigenvalue weighted by Crippen LogP contribution is 2.22. The van der Waals surface area contributed by atoms with Crippen LogP contribution in [0, 0.1) is 6.92 Å². The molecular formula is C17H23N5. The van der Waals surface area contributed by atoms with Crippen molar-refractivity contribution in [2.45, 2.75) is 26.2 Å². The summed E-state index contributed by atoms with van der Waals surface area (Å²) in [6, 6.07) is 6.24. The maximum atomic E-state index is 4.60. The van der Waals surface area contributed by atoms with Crippen molar-refractivity contribution >= 4 is 11.6 Å². The van der Waals surface area contributed by atoms with Gasteiger partial charge in [-0.1, -0.05) is 0 Å². The summed E-state index contributed by atoms with van der Waals surface area (Å²) in [7, 11) is 2.09. The summed E-state index contributed by atoms with van der Waals surface area (Å²) in [5, 5.41) is 0. The minimum atomic E-state index is 0.843. The summed E-state index contributed by atoms with van der Waals surface area (Å²) in [6.07, 6.45) is 7.19. The Labute approximate surface area is 132 Å². The number of rotatable bonds is 5.